The van der Waals surface area contributed by atoms with Gasteiger partial charge in [0.2, 0.25) is 5.91 Å². The van der Waals surface area contributed by atoms with Gasteiger partial charge in [-0.2, -0.15) is 0 Å². The second-order valence-electron chi connectivity index (χ2n) is 7.01. The average Bonchev–Trinajstić information content (AvgIpc) is 3.02. The van der Waals surface area contributed by atoms with Gasteiger partial charge >= 0.3 is 0 Å². The molecule has 1 aliphatic carbocycles. The summed E-state index contributed by atoms with van der Waals surface area (Å²) in [4.78, 5) is 15.0. The number of carbonyl (C=O) groups is 1. The van der Waals surface area contributed by atoms with Crippen LogP contribution in [0, 0.1) is 0 Å². The molecule has 4 rings (SSSR count). The number of morpholine rings is 1. The molecule has 1 aliphatic heterocycles. The lowest BCUT2D eigenvalue weighted by molar-refractivity contribution is -0.125. The van der Waals surface area contributed by atoms with Crippen LogP contribution in [-0.4, -0.2) is 43.7 Å². The van der Waals surface area contributed by atoms with E-state index in [1.807, 2.05) is 18.2 Å². The molecule has 2 aliphatic rings. The van der Waals surface area contributed by atoms with Crippen LogP contribution in [0.25, 0.3) is 0 Å². The van der Waals surface area contributed by atoms with E-state index < -0.39 is 0 Å². The number of fused-ring (bicyclic) bond motifs is 1. The molecule has 2 aromatic rings. The lowest BCUT2D eigenvalue weighted by atomic mass is 9.86. The van der Waals surface area contributed by atoms with Gasteiger partial charge in [-0.15, -0.1) is 0 Å². The van der Waals surface area contributed by atoms with E-state index in [-0.39, 0.29) is 11.4 Å². The predicted molar refractivity (Wildman–Crippen MR) is 97.4 cm³/mol. The van der Waals surface area contributed by atoms with Crippen molar-refractivity contribution >= 4 is 5.91 Å². The van der Waals surface area contributed by atoms with Crippen LogP contribution in [0.2, 0.25) is 0 Å². The van der Waals surface area contributed by atoms with Gasteiger partial charge in [0.25, 0.3) is 0 Å². The Morgan fingerprint density at radius 3 is 2.20 bits per heavy atom. The second kappa shape index (κ2) is 6.98. The van der Waals surface area contributed by atoms with Crippen molar-refractivity contribution in [3.8, 4) is 0 Å². The van der Waals surface area contributed by atoms with Crippen molar-refractivity contribution in [3.05, 3.63) is 71.3 Å². The summed E-state index contributed by atoms with van der Waals surface area (Å²) in [6, 6.07) is 18.9. The number of hydrogen-bond donors (Lipinski definition) is 1. The Kier molecular flexibility index (Phi) is 4.55. The zero-order valence-corrected chi connectivity index (χ0v) is 14.4. The second-order valence-corrected chi connectivity index (χ2v) is 7.01. The molecule has 1 fully saturated rings. The minimum absolute atomic E-state index is 0.0959. The molecule has 1 heterocycles. The van der Waals surface area contributed by atoms with E-state index in [1.165, 1.54) is 16.7 Å². The summed E-state index contributed by atoms with van der Waals surface area (Å²) in [6.07, 6.45) is 1.70. The zero-order chi connectivity index (χ0) is 17.1. The van der Waals surface area contributed by atoms with Gasteiger partial charge in [0, 0.05) is 25.9 Å². The Hall–Kier alpha value is -2.17. The van der Waals surface area contributed by atoms with Gasteiger partial charge in [-0.25, -0.2) is 0 Å². The molecule has 4 heteroatoms. The molecule has 1 saturated heterocycles. The maximum Gasteiger partial charge on any atom is 0.234 e. The lowest BCUT2D eigenvalue weighted by Crippen LogP contribution is -2.51. The molecule has 25 heavy (non-hydrogen) atoms. The highest BCUT2D eigenvalue weighted by atomic mass is 16.5. The fraction of sp³-hybridized carbons (Fsp3) is 0.381. The number of nitrogens with one attached hydrogen (secondary N) is 1. The van der Waals surface area contributed by atoms with Crippen molar-refractivity contribution in [1.82, 2.24) is 10.2 Å². The molecule has 130 valence electrons. The Bertz CT molecular complexity index is 714. The van der Waals surface area contributed by atoms with Gasteiger partial charge < -0.3 is 10.1 Å². The molecule has 0 spiro atoms. The van der Waals surface area contributed by atoms with Crippen LogP contribution in [-0.2, 0) is 27.9 Å². The van der Waals surface area contributed by atoms with Crippen molar-refractivity contribution in [2.75, 3.05) is 32.8 Å². The van der Waals surface area contributed by atoms with Crippen LogP contribution >= 0.6 is 0 Å². The average molecular weight is 336 g/mol. The molecule has 0 saturated carbocycles. The summed E-state index contributed by atoms with van der Waals surface area (Å²) in [5.74, 6) is 0.0959. The minimum atomic E-state index is -0.339. The predicted octanol–water partition coefficient (Wildman–Crippen LogP) is 2.13. The lowest BCUT2D eigenvalue weighted by Gasteiger charge is -2.33. The first-order valence-electron chi connectivity index (χ1n) is 8.99. The summed E-state index contributed by atoms with van der Waals surface area (Å²) in [5.41, 5.74) is 3.51. The molecule has 1 N–H and O–H groups in total. The Balaban J connectivity index is 1.56. The molecule has 0 atom stereocenters. The fourth-order valence-corrected chi connectivity index (χ4v) is 4.01. The van der Waals surface area contributed by atoms with E-state index in [0.29, 0.717) is 19.8 Å². The van der Waals surface area contributed by atoms with Crippen molar-refractivity contribution in [1.29, 1.82) is 0 Å². The third-order valence-corrected chi connectivity index (χ3v) is 5.28. The van der Waals surface area contributed by atoms with Crippen LogP contribution in [0.5, 0.6) is 0 Å². The van der Waals surface area contributed by atoms with Gasteiger partial charge in [-0.3, -0.25) is 9.69 Å². The first-order valence-corrected chi connectivity index (χ1v) is 8.99. The number of amides is 1. The highest BCUT2D eigenvalue weighted by molar-refractivity contribution is 5.79. The summed E-state index contributed by atoms with van der Waals surface area (Å²) < 4.78 is 5.37. The highest BCUT2D eigenvalue weighted by Crippen LogP contribution is 2.37. The number of carbonyl (C=O) groups excluding carboxylic acids is 1. The van der Waals surface area contributed by atoms with Gasteiger partial charge in [-0.1, -0.05) is 54.6 Å². The largest absolute Gasteiger partial charge is 0.379 e. The molecule has 4 nitrogen and oxygen atoms in total. The van der Waals surface area contributed by atoms with E-state index in [1.54, 1.807) is 0 Å². The van der Waals surface area contributed by atoms with Crippen LogP contribution in [0.4, 0.5) is 0 Å². The summed E-state index contributed by atoms with van der Waals surface area (Å²) in [5, 5.41) is 3.38. The highest BCUT2D eigenvalue weighted by Gasteiger charge is 2.40. The first-order chi connectivity index (χ1) is 12.3. The molecule has 0 aromatic heterocycles. The molecular formula is C21H24N2O2. The van der Waals surface area contributed by atoms with Crippen LogP contribution in [0.15, 0.2) is 54.6 Å². The molecule has 0 radical (unpaired) electrons. The van der Waals surface area contributed by atoms with Gasteiger partial charge in [0.15, 0.2) is 0 Å². The van der Waals surface area contributed by atoms with Gasteiger partial charge in [0.1, 0.15) is 0 Å². The van der Waals surface area contributed by atoms with Gasteiger partial charge in [0.05, 0.1) is 25.3 Å². The Morgan fingerprint density at radius 2 is 1.56 bits per heavy atom. The third-order valence-electron chi connectivity index (χ3n) is 5.28. The van der Waals surface area contributed by atoms with E-state index in [4.69, 9.17) is 4.74 Å². The van der Waals surface area contributed by atoms with E-state index in [9.17, 15) is 4.79 Å². The zero-order valence-electron chi connectivity index (χ0n) is 14.4. The Labute approximate surface area is 148 Å². The molecular weight excluding hydrogens is 312 g/mol. The van der Waals surface area contributed by atoms with Crippen molar-refractivity contribution < 1.29 is 9.53 Å². The van der Waals surface area contributed by atoms with Crippen LogP contribution < -0.4 is 5.32 Å². The normalized spacial score (nSPS) is 19.4. The molecule has 0 unspecified atom stereocenters. The number of benzene rings is 2. The molecule has 1 amide bonds. The van der Waals surface area contributed by atoms with Crippen molar-refractivity contribution in [2.24, 2.45) is 0 Å². The van der Waals surface area contributed by atoms with Crippen molar-refractivity contribution in [3.63, 3.8) is 0 Å². The minimum Gasteiger partial charge on any atom is -0.379 e. The smallest absolute Gasteiger partial charge is 0.234 e. The molecule has 0 bridgehead atoms. The first kappa shape index (κ1) is 16.3. The number of nitrogens with zero attached hydrogens (tertiary/aromatic N) is 1. The van der Waals surface area contributed by atoms with Crippen LogP contribution in [0.1, 0.15) is 16.7 Å². The van der Waals surface area contributed by atoms with Gasteiger partial charge in [-0.05, 0) is 16.7 Å². The Morgan fingerprint density at radius 1 is 0.960 bits per heavy atom. The summed E-state index contributed by atoms with van der Waals surface area (Å²) in [6.45, 7) is 3.51. The molecule has 2 aromatic carbocycles. The monoisotopic (exact) mass is 336 g/mol. The quantitative estimate of drug-likeness (QED) is 0.930. The number of rotatable bonds is 4. The third kappa shape index (κ3) is 3.46. The van der Waals surface area contributed by atoms with Crippen LogP contribution in [0.3, 0.4) is 0 Å². The summed E-state index contributed by atoms with van der Waals surface area (Å²) >= 11 is 0. The van der Waals surface area contributed by atoms with Crippen molar-refractivity contribution in [2.45, 2.75) is 18.4 Å². The van der Waals surface area contributed by atoms with E-state index in [0.717, 1.165) is 25.9 Å². The number of ether oxygens (including phenoxy) is 1. The maximum absolute atomic E-state index is 12.8. The standard InChI is InChI=1S/C21H24N2O2/c24-20(16-23-10-12-25-13-11-23)22-21(19-8-2-1-3-9-19)14-17-6-4-5-7-18(17)15-21/h1-9H,10-16H2,(H,22,24). The number of hydrogen-bond acceptors (Lipinski definition) is 3. The van der Waals surface area contributed by atoms with E-state index in [2.05, 4.69) is 46.6 Å². The fourth-order valence-electron chi connectivity index (χ4n) is 4.01. The van der Waals surface area contributed by atoms with E-state index >= 15 is 0 Å². The summed E-state index contributed by atoms with van der Waals surface area (Å²) in [7, 11) is 0. The topological polar surface area (TPSA) is 41.6 Å². The maximum atomic E-state index is 12.8. The SMILES string of the molecule is O=C(CN1CCOCC1)NC1(c2ccccc2)Cc2ccccc2C1.